The topological polar surface area (TPSA) is 47.9 Å². The van der Waals surface area contributed by atoms with Crippen LogP contribution in [0.25, 0.3) is 0 Å². The number of benzene rings is 1. The molecule has 23 heavy (non-hydrogen) atoms. The number of hydrazone groups is 1. The second-order valence-corrected chi connectivity index (χ2v) is 6.84. The molecule has 2 aliphatic rings. The summed E-state index contributed by atoms with van der Waals surface area (Å²) in [5.74, 6) is -0.119. The summed E-state index contributed by atoms with van der Waals surface area (Å²) in [5.41, 5.74) is 4.29. The molecule has 5 nitrogen and oxygen atoms in total. The van der Waals surface area contributed by atoms with E-state index >= 15 is 0 Å². The zero-order valence-electron chi connectivity index (χ0n) is 13.1. The van der Waals surface area contributed by atoms with Crippen molar-refractivity contribution in [3.05, 3.63) is 28.2 Å². The Bertz CT molecular complexity index is 635. The summed E-state index contributed by atoms with van der Waals surface area (Å²) in [5, 5.41) is 9.32. The predicted molar refractivity (Wildman–Crippen MR) is 94.0 cm³/mol. The number of nitrogens with one attached hydrogen (secondary N) is 1. The quantitative estimate of drug-likeness (QED) is 0.903. The van der Waals surface area contributed by atoms with Gasteiger partial charge in [0.05, 0.1) is 10.7 Å². The number of hydrogen-bond donors (Lipinski definition) is 1. The van der Waals surface area contributed by atoms with Crippen LogP contribution in [0, 0.1) is 0 Å². The smallest absolute Gasteiger partial charge is 0.281 e. The van der Waals surface area contributed by atoms with Crippen LogP contribution in [-0.2, 0) is 4.79 Å². The molecule has 1 atom stereocenters. The van der Waals surface area contributed by atoms with E-state index in [-0.39, 0.29) is 5.91 Å². The minimum atomic E-state index is -0.119. The molecule has 3 rings (SSSR count). The summed E-state index contributed by atoms with van der Waals surface area (Å²) in [6.45, 7) is 3.67. The van der Waals surface area contributed by atoms with Crippen LogP contribution in [0.15, 0.2) is 23.3 Å². The molecule has 2 aliphatic heterocycles. The highest BCUT2D eigenvalue weighted by Crippen LogP contribution is 2.30. The molecule has 1 amide bonds. The fourth-order valence-corrected chi connectivity index (χ4v) is 3.45. The van der Waals surface area contributed by atoms with E-state index in [0.29, 0.717) is 34.8 Å². The van der Waals surface area contributed by atoms with Gasteiger partial charge in [-0.25, -0.2) is 5.01 Å². The van der Waals surface area contributed by atoms with Crippen LogP contribution < -0.4 is 10.4 Å². The van der Waals surface area contributed by atoms with Crippen molar-refractivity contribution in [3.8, 4) is 0 Å². The van der Waals surface area contributed by atoms with Crippen LogP contribution in [-0.4, -0.2) is 35.8 Å². The number of carbonyl (C=O) groups excluding carboxylic acids is 1. The Morgan fingerprint density at radius 2 is 2.13 bits per heavy atom. The van der Waals surface area contributed by atoms with Crippen LogP contribution in [0.5, 0.6) is 0 Å². The number of nitrogens with zero attached hydrogens (tertiary/aromatic N) is 3. The number of rotatable bonds is 3. The average molecular weight is 355 g/mol. The Labute approximate surface area is 146 Å². The van der Waals surface area contributed by atoms with Crippen LogP contribution in [0.2, 0.25) is 10.0 Å². The summed E-state index contributed by atoms with van der Waals surface area (Å²) >= 11 is 12.1. The zero-order chi connectivity index (χ0) is 16.4. The van der Waals surface area contributed by atoms with E-state index in [2.05, 4.69) is 17.5 Å². The van der Waals surface area contributed by atoms with Gasteiger partial charge in [0.1, 0.15) is 5.71 Å². The Kier molecular flexibility index (Phi) is 5.09. The lowest BCUT2D eigenvalue weighted by Crippen LogP contribution is -2.51. The summed E-state index contributed by atoms with van der Waals surface area (Å²) in [7, 11) is 0. The molecule has 0 radical (unpaired) electrons. The van der Waals surface area contributed by atoms with E-state index in [1.807, 2.05) is 11.1 Å². The molecular formula is C16H20Cl2N4O. The van der Waals surface area contributed by atoms with Crippen molar-refractivity contribution >= 4 is 40.5 Å². The van der Waals surface area contributed by atoms with Crippen molar-refractivity contribution < 1.29 is 4.79 Å². The van der Waals surface area contributed by atoms with Crippen molar-refractivity contribution in [2.45, 2.75) is 38.6 Å². The molecule has 1 aromatic rings. The van der Waals surface area contributed by atoms with Gasteiger partial charge in [-0.05, 0) is 38.0 Å². The number of amides is 1. The number of carbonyl (C=O) groups is 1. The van der Waals surface area contributed by atoms with Gasteiger partial charge in [0.25, 0.3) is 5.91 Å². The largest absolute Gasteiger partial charge is 0.283 e. The van der Waals surface area contributed by atoms with E-state index in [4.69, 9.17) is 23.2 Å². The molecule has 124 valence electrons. The summed E-state index contributed by atoms with van der Waals surface area (Å²) < 4.78 is 0. The first kappa shape index (κ1) is 16.6. The molecule has 0 bridgehead atoms. The lowest BCUT2D eigenvalue weighted by molar-refractivity contribution is -0.121. The second kappa shape index (κ2) is 7.07. The SMILES string of the molecule is CC1CCCCN1NC(=O)C1=NN(c2ccc(Cl)cc2Cl)CC1. The lowest BCUT2D eigenvalue weighted by Gasteiger charge is -2.33. The number of halogens is 2. The van der Waals surface area contributed by atoms with Crippen LogP contribution in [0.1, 0.15) is 32.6 Å². The zero-order valence-corrected chi connectivity index (χ0v) is 14.6. The summed E-state index contributed by atoms with van der Waals surface area (Å²) in [6.07, 6.45) is 4.05. The predicted octanol–water partition coefficient (Wildman–Crippen LogP) is 3.47. The number of piperidine rings is 1. The van der Waals surface area contributed by atoms with Gasteiger partial charge in [0.15, 0.2) is 0 Å². The van der Waals surface area contributed by atoms with Gasteiger partial charge >= 0.3 is 0 Å². The van der Waals surface area contributed by atoms with Crippen molar-refractivity contribution in [2.24, 2.45) is 5.10 Å². The highest BCUT2D eigenvalue weighted by Gasteiger charge is 2.26. The van der Waals surface area contributed by atoms with Gasteiger partial charge in [-0.2, -0.15) is 5.10 Å². The first-order valence-electron chi connectivity index (χ1n) is 7.92. The van der Waals surface area contributed by atoms with E-state index in [9.17, 15) is 4.79 Å². The minimum absolute atomic E-state index is 0.119. The number of anilines is 1. The Balaban J connectivity index is 1.68. The number of hydrogen-bond acceptors (Lipinski definition) is 4. The van der Waals surface area contributed by atoms with E-state index in [1.165, 1.54) is 6.42 Å². The van der Waals surface area contributed by atoms with E-state index < -0.39 is 0 Å². The maximum Gasteiger partial charge on any atom is 0.281 e. The van der Waals surface area contributed by atoms with Gasteiger partial charge in [0.2, 0.25) is 0 Å². The third-order valence-electron chi connectivity index (χ3n) is 4.30. The van der Waals surface area contributed by atoms with Crippen LogP contribution in [0.3, 0.4) is 0 Å². The molecule has 1 saturated heterocycles. The first-order chi connectivity index (χ1) is 11.0. The van der Waals surface area contributed by atoms with Gasteiger partial charge in [-0.15, -0.1) is 0 Å². The van der Waals surface area contributed by atoms with E-state index in [0.717, 1.165) is 25.1 Å². The minimum Gasteiger partial charge on any atom is -0.283 e. The maximum absolute atomic E-state index is 12.4. The lowest BCUT2D eigenvalue weighted by atomic mass is 10.1. The molecule has 0 spiro atoms. The highest BCUT2D eigenvalue weighted by atomic mass is 35.5. The Morgan fingerprint density at radius 3 is 2.87 bits per heavy atom. The Hall–Kier alpha value is -1.30. The molecule has 1 N–H and O–H groups in total. The molecule has 0 aliphatic carbocycles. The summed E-state index contributed by atoms with van der Waals surface area (Å²) in [6, 6.07) is 5.64. The fraction of sp³-hybridized carbons (Fsp3) is 0.500. The molecular weight excluding hydrogens is 335 g/mol. The van der Waals surface area contributed by atoms with Crippen molar-refractivity contribution in [2.75, 3.05) is 18.1 Å². The monoisotopic (exact) mass is 354 g/mol. The maximum atomic E-state index is 12.4. The second-order valence-electron chi connectivity index (χ2n) is 5.99. The Morgan fingerprint density at radius 1 is 1.30 bits per heavy atom. The molecule has 0 aromatic heterocycles. The van der Waals surface area contributed by atoms with Crippen LogP contribution >= 0.6 is 23.2 Å². The first-order valence-corrected chi connectivity index (χ1v) is 8.68. The summed E-state index contributed by atoms with van der Waals surface area (Å²) in [4.78, 5) is 12.4. The molecule has 1 aromatic carbocycles. The van der Waals surface area contributed by atoms with Crippen molar-refractivity contribution in [3.63, 3.8) is 0 Å². The van der Waals surface area contributed by atoms with Crippen molar-refractivity contribution in [1.82, 2.24) is 10.4 Å². The van der Waals surface area contributed by atoms with E-state index in [1.54, 1.807) is 17.1 Å². The highest BCUT2D eigenvalue weighted by molar-refractivity contribution is 6.40. The third-order valence-corrected chi connectivity index (χ3v) is 4.84. The molecule has 0 saturated carbocycles. The van der Waals surface area contributed by atoms with Gasteiger partial charge in [-0.1, -0.05) is 29.6 Å². The average Bonchev–Trinajstić information content (AvgIpc) is 2.99. The normalized spacial score (nSPS) is 22.1. The third kappa shape index (κ3) is 3.79. The molecule has 7 heteroatoms. The van der Waals surface area contributed by atoms with Gasteiger partial charge in [-0.3, -0.25) is 15.2 Å². The standard InChI is InChI=1S/C16H20Cl2N4O/c1-11-4-2-3-8-21(11)20-16(23)14-7-9-22(19-14)15-6-5-12(17)10-13(15)18/h5-6,10-11H,2-4,7-9H2,1H3,(H,20,23). The molecule has 1 fully saturated rings. The van der Waals surface area contributed by atoms with Crippen molar-refractivity contribution in [1.29, 1.82) is 0 Å². The van der Waals surface area contributed by atoms with Gasteiger partial charge in [0, 0.05) is 30.6 Å². The van der Waals surface area contributed by atoms with Crippen LogP contribution in [0.4, 0.5) is 5.69 Å². The fourth-order valence-electron chi connectivity index (χ4n) is 2.94. The van der Waals surface area contributed by atoms with Gasteiger partial charge < -0.3 is 0 Å². The number of hydrazine groups is 1. The molecule has 2 heterocycles. The molecule has 1 unspecified atom stereocenters.